The van der Waals surface area contributed by atoms with Gasteiger partial charge in [-0.25, -0.2) is 9.18 Å². The summed E-state index contributed by atoms with van der Waals surface area (Å²) in [5, 5.41) is 9.52. The van der Waals surface area contributed by atoms with E-state index >= 15 is 4.39 Å². The number of fused-ring (bicyclic) bond motifs is 2. The van der Waals surface area contributed by atoms with E-state index in [9.17, 15) is 14.7 Å². The summed E-state index contributed by atoms with van der Waals surface area (Å²) in [7, 11) is 0. The summed E-state index contributed by atoms with van der Waals surface area (Å²) in [6.07, 6.45) is 1.30. The topological polar surface area (TPSA) is 75.0 Å². The first-order valence-corrected chi connectivity index (χ1v) is 10.3. The van der Waals surface area contributed by atoms with Gasteiger partial charge in [-0.2, -0.15) is 0 Å². The van der Waals surface area contributed by atoms with Gasteiger partial charge >= 0.3 is 5.97 Å². The van der Waals surface area contributed by atoms with Gasteiger partial charge in [0.1, 0.15) is 16.8 Å². The highest BCUT2D eigenvalue weighted by molar-refractivity contribution is 5.99. The van der Waals surface area contributed by atoms with E-state index in [1.807, 2.05) is 4.90 Å². The number of benzene rings is 2. The Kier molecular flexibility index (Phi) is 4.48. The van der Waals surface area contributed by atoms with Crippen molar-refractivity contribution >= 4 is 22.6 Å². The molecule has 3 aromatic rings. The predicted octanol–water partition coefficient (Wildman–Crippen LogP) is 3.46. The number of hydrogen-bond donors (Lipinski definition) is 1. The van der Waals surface area contributed by atoms with E-state index < -0.39 is 22.8 Å². The fourth-order valence-corrected chi connectivity index (χ4v) is 4.46. The van der Waals surface area contributed by atoms with E-state index in [0.717, 1.165) is 19.2 Å². The number of carbonyl (C=O) groups is 1. The van der Waals surface area contributed by atoms with Crippen molar-refractivity contribution in [1.29, 1.82) is 0 Å². The fourth-order valence-electron chi connectivity index (χ4n) is 4.46. The lowest BCUT2D eigenvalue weighted by Crippen LogP contribution is -2.49. The number of carboxylic acids is 1. The molecule has 0 bridgehead atoms. The van der Waals surface area contributed by atoms with E-state index in [0.29, 0.717) is 41.8 Å². The molecule has 0 aliphatic carbocycles. The molecular weight excluding hydrogens is 401 g/mol. The van der Waals surface area contributed by atoms with Gasteiger partial charge < -0.3 is 19.3 Å². The Hall–Kier alpha value is -3.39. The minimum Gasteiger partial charge on any atom is -0.477 e. The van der Waals surface area contributed by atoms with Crippen LogP contribution in [0.2, 0.25) is 0 Å². The largest absolute Gasteiger partial charge is 0.477 e. The number of nitrogens with zero attached hydrogens (tertiary/aromatic N) is 3. The number of rotatable bonds is 3. The highest BCUT2D eigenvalue weighted by Gasteiger charge is 2.31. The van der Waals surface area contributed by atoms with Crippen LogP contribution in [-0.4, -0.2) is 52.8 Å². The first-order valence-electron chi connectivity index (χ1n) is 10.3. The first kappa shape index (κ1) is 19.6. The predicted molar refractivity (Wildman–Crippen MR) is 115 cm³/mol. The maximum atomic E-state index is 15.4. The van der Waals surface area contributed by atoms with Crippen LogP contribution < -0.4 is 15.1 Å². The second-order valence-corrected chi connectivity index (χ2v) is 8.17. The van der Waals surface area contributed by atoms with Crippen LogP contribution in [0.25, 0.3) is 16.6 Å². The van der Waals surface area contributed by atoms with Gasteiger partial charge in [0, 0.05) is 38.4 Å². The number of aromatic nitrogens is 1. The molecule has 0 spiro atoms. The SMILES string of the molecule is CC(C)N1CCN(c2c(F)cc3c(=O)c(C(=O)O)cn4c3c2Oc2ccccc2-4)CC1. The Balaban J connectivity index is 1.76. The molecule has 0 saturated carbocycles. The smallest absolute Gasteiger partial charge is 0.341 e. The summed E-state index contributed by atoms with van der Waals surface area (Å²) in [6.45, 7) is 7.08. The number of para-hydroxylation sites is 2. The number of pyridine rings is 1. The Morgan fingerprint density at radius 2 is 1.87 bits per heavy atom. The maximum Gasteiger partial charge on any atom is 0.341 e. The summed E-state index contributed by atoms with van der Waals surface area (Å²) in [5.41, 5.74) is 0.161. The number of hydrogen-bond acceptors (Lipinski definition) is 5. The van der Waals surface area contributed by atoms with Gasteiger partial charge in [-0.15, -0.1) is 0 Å². The molecule has 1 aromatic heterocycles. The third-order valence-electron chi connectivity index (χ3n) is 6.10. The van der Waals surface area contributed by atoms with Crippen LogP contribution in [0.3, 0.4) is 0 Å². The summed E-state index contributed by atoms with van der Waals surface area (Å²) >= 11 is 0. The molecule has 5 rings (SSSR count). The van der Waals surface area contributed by atoms with E-state index in [-0.39, 0.29) is 11.1 Å². The van der Waals surface area contributed by atoms with Crippen LogP contribution in [0.5, 0.6) is 11.5 Å². The monoisotopic (exact) mass is 423 g/mol. The maximum absolute atomic E-state index is 15.4. The lowest BCUT2D eigenvalue weighted by atomic mass is 10.1. The van der Waals surface area contributed by atoms with Crippen molar-refractivity contribution in [1.82, 2.24) is 9.47 Å². The lowest BCUT2D eigenvalue weighted by molar-refractivity contribution is 0.0695. The van der Waals surface area contributed by atoms with E-state index in [2.05, 4.69) is 18.7 Å². The van der Waals surface area contributed by atoms with Crippen LogP contribution in [0.4, 0.5) is 10.1 Å². The van der Waals surface area contributed by atoms with Crippen LogP contribution in [0, 0.1) is 5.82 Å². The molecule has 1 saturated heterocycles. The molecule has 31 heavy (non-hydrogen) atoms. The second kappa shape index (κ2) is 7.09. The molecule has 0 unspecified atom stereocenters. The van der Waals surface area contributed by atoms with Crippen molar-refractivity contribution in [3.05, 3.63) is 58.1 Å². The third-order valence-corrected chi connectivity index (χ3v) is 6.10. The molecule has 2 aliphatic rings. The molecule has 3 heterocycles. The van der Waals surface area contributed by atoms with Gasteiger partial charge in [0.25, 0.3) is 0 Å². The van der Waals surface area contributed by atoms with Crippen molar-refractivity contribution in [3.63, 3.8) is 0 Å². The van der Waals surface area contributed by atoms with Crippen LogP contribution in [0.1, 0.15) is 24.2 Å². The fraction of sp³-hybridized carbons (Fsp3) is 0.304. The third kappa shape index (κ3) is 2.97. The average molecular weight is 423 g/mol. The van der Waals surface area contributed by atoms with Gasteiger partial charge in [-0.3, -0.25) is 9.69 Å². The highest BCUT2D eigenvalue weighted by Crippen LogP contribution is 2.46. The number of anilines is 1. The lowest BCUT2D eigenvalue weighted by Gasteiger charge is -2.39. The van der Waals surface area contributed by atoms with Gasteiger partial charge in [-0.1, -0.05) is 12.1 Å². The van der Waals surface area contributed by atoms with Gasteiger partial charge in [-0.05, 0) is 32.0 Å². The molecule has 1 fully saturated rings. The number of ether oxygens (including phenoxy) is 1. The van der Waals surface area contributed by atoms with Gasteiger partial charge in [0.15, 0.2) is 17.3 Å². The van der Waals surface area contributed by atoms with E-state index in [4.69, 9.17) is 4.74 Å². The Labute approximate surface area is 177 Å². The van der Waals surface area contributed by atoms with Crippen molar-refractivity contribution < 1.29 is 19.0 Å². The Morgan fingerprint density at radius 3 is 2.55 bits per heavy atom. The van der Waals surface area contributed by atoms with Crippen LogP contribution in [0.15, 0.2) is 41.3 Å². The minimum atomic E-state index is -1.35. The van der Waals surface area contributed by atoms with Crippen molar-refractivity contribution in [3.8, 4) is 17.2 Å². The second-order valence-electron chi connectivity index (χ2n) is 8.17. The summed E-state index contributed by atoms with van der Waals surface area (Å²) in [5.74, 6) is -1.22. The first-order chi connectivity index (χ1) is 14.9. The van der Waals surface area contributed by atoms with Gasteiger partial charge in [0.05, 0.1) is 11.1 Å². The zero-order chi connectivity index (χ0) is 21.9. The minimum absolute atomic E-state index is 0.00790. The molecule has 0 atom stereocenters. The standard InChI is InChI=1S/C23H22FN3O4/c1-13(2)25-7-9-26(10-8-25)20-16(24)11-14-19-22(20)31-18-6-4-3-5-17(18)27(19)12-15(21(14)28)23(29)30/h3-6,11-13H,7-10H2,1-2H3,(H,29,30). The summed E-state index contributed by atoms with van der Waals surface area (Å²) < 4.78 is 23.2. The van der Waals surface area contributed by atoms with E-state index in [1.54, 1.807) is 28.8 Å². The molecule has 0 radical (unpaired) electrons. The van der Waals surface area contributed by atoms with Crippen molar-refractivity contribution in [2.75, 3.05) is 31.1 Å². The highest BCUT2D eigenvalue weighted by atomic mass is 19.1. The zero-order valence-corrected chi connectivity index (χ0v) is 17.3. The normalized spacial score (nSPS) is 15.8. The van der Waals surface area contributed by atoms with Gasteiger partial charge in [0.2, 0.25) is 5.43 Å². The summed E-state index contributed by atoms with van der Waals surface area (Å²) in [6, 6.07) is 8.66. The Morgan fingerprint density at radius 1 is 1.16 bits per heavy atom. The molecule has 8 heteroatoms. The molecule has 160 valence electrons. The number of aromatic carboxylic acids is 1. The molecule has 0 amide bonds. The molecule has 7 nitrogen and oxygen atoms in total. The quantitative estimate of drug-likeness (QED) is 0.544. The van der Waals surface area contributed by atoms with Crippen molar-refractivity contribution in [2.45, 2.75) is 19.9 Å². The molecule has 2 aromatic carbocycles. The average Bonchev–Trinajstić information content (AvgIpc) is 2.75. The molecular formula is C23H22FN3O4. The van der Waals surface area contributed by atoms with E-state index in [1.165, 1.54) is 6.20 Å². The molecule has 1 N–H and O–H groups in total. The zero-order valence-electron chi connectivity index (χ0n) is 17.3. The van der Waals surface area contributed by atoms with Crippen LogP contribution in [-0.2, 0) is 0 Å². The number of piperazine rings is 1. The molecule has 2 aliphatic heterocycles. The van der Waals surface area contributed by atoms with Crippen molar-refractivity contribution in [2.24, 2.45) is 0 Å². The number of carboxylic acid groups (broad SMARTS) is 1. The Bertz CT molecular complexity index is 1280. The van der Waals surface area contributed by atoms with Crippen LogP contribution >= 0.6 is 0 Å². The number of halogens is 1. The summed E-state index contributed by atoms with van der Waals surface area (Å²) in [4.78, 5) is 28.8.